The zero-order chi connectivity index (χ0) is 19.6. The Labute approximate surface area is 167 Å². The van der Waals surface area contributed by atoms with Gasteiger partial charge in [0.2, 0.25) is 11.8 Å². The minimum Gasteiger partial charge on any atom is -0.497 e. The van der Waals surface area contributed by atoms with Crippen LogP contribution >= 0.6 is 23.2 Å². The standard InChI is InChI=1S/C19H18Cl2N2O4/c1-26-13-4-6-17(27-2)15(9-13)22-19(25)11-7-18(24)23(10-11)16-8-12(20)3-5-14(16)21/h3-6,8-9,11H,7,10H2,1-2H3,(H,22,25)/t11-/m1/s1. The molecule has 1 fully saturated rings. The molecule has 2 amide bonds. The fourth-order valence-electron chi connectivity index (χ4n) is 2.96. The van der Waals surface area contributed by atoms with E-state index < -0.39 is 5.92 Å². The predicted octanol–water partition coefficient (Wildman–Crippen LogP) is 4.00. The van der Waals surface area contributed by atoms with E-state index in [2.05, 4.69) is 5.32 Å². The molecule has 27 heavy (non-hydrogen) atoms. The molecule has 0 radical (unpaired) electrons. The van der Waals surface area contributed by atoms with Crippen molar-refractivity contribution in [3.8, 4) is 11.5 Å². The summed E-state index contributed by atoms with van der Waals surface area (Å²) in [5.41, 5.74) is 0.983. The third-order valence-electron chi connectivity index (χ3n) is 4.36. The van der Waals surface area contributed by atoms with Gasteiger partial charge in [-0.2, -0.15) is 0 Å². The first-order valence-corrected chi connectivity index (χ1v) is 8.97. The zero-order valence-electron chi connectivity index (χ0n) is 14.8. The Bertz CT molecular complexity index is 888. The van der Waals surface area contributed by atoms with Crippen LogP contribution in [0.15, 0.2) is 36.4 Å². The van der Waals surface area contributed by atoms with Crippen LogP contribution in [0.4, 0.5) is 11.4 Å². The Morgan fingerprint density at radius 2 is 1.93 bits per heavy atom. The van der Waals surface area contributed by atoms with E-state index in [9.17, 15) is 9.59 Å². The maximum Gasteiger partial charge on any atom is 0.229 e. The van der Waals surface area contributed by atoms with Crippen LogP contribution in [0.5, 0.6) is 11.5 Å². The summed E-state index contributed by atoms with van der Waals surface area (Å²) in [5.74, 6) is 0.0973. The predicted molar refractivity (Wildman–Crippen MR) is 105 cm³/mol. The smallest absolute Gasteiger partial charge is 0.229 e. The Balaban J connectivity index is 1.77. The summed E-state index contributed by atoms with van der Waals surface area (Å²) in [4.78, 5) is 26.6. The van der Waals surface area contributed by atoms with Crippen molar-refractivity contribution in [2.24, 2.45) is 5.92 Å². The summed E-state index contributed by atoms with van der Waals surface area (Å²) in [5, 5.41) is 3.69. The van der Waals surface area contributed by atoms with Crippen LogP contribution in [0.25, 0.3) is 0 Å². The van der Waals surface area contributed by atoms with E-state index >= 15 is 0 Å². The number of ether oxygens (including phenoxy) is 2. The lowest BCUT2D eigenvalue weighted by Crippen LogP contribution is -2.28. The van der Waals surface area contributed by atoms with Gasteiger partial charge in [0, 0.05) is 24.1 Å². The average molecular weight is 409 g/mol. The van der Waals surface area contributed by atoms with Gasteiger partial charge in [-0.15, -0.1) is 0 Å². The fraction of sp³-hybridized carbons (Fsp3) is 0.263. The molecule has 0 aromatic heterocycles. The molecule has 142 valence electrons. The minimum atomic E-state index is -0.525. The lowest BCUT2D eigenvalue weighted by atomic mass is 10.1. The SMILES string of the molecule is COc1ccc(OC)c(NC(=O)[C@@H]2CC(=O)N(c3cc(Cl)ccc3Cl)C2)c1. The van der Waals surface area contributed by atoms with Crippen molar-refractivity contribution in [3.63, 3.8) is 0 Å². The van der Waals surface area contributed by atoms with Gasteiger partial charge in [0.15, 0.2) is 0 Å². The summed E-state index contributed by atoms with van der Waals surface area (Å²) in [6, 6.07) is 9.99. The highest BCUT2D eigenvalue weighted by molar-refractivity contribution is 6.36. The number of benzene rings is 2. The molecule has 6 nitrogen and oxygen atoms in total. The number of nitrogens with zero attached hydrogens (tertiary/aromatic N) is 1. The summed E-state index contributed by atoms with van der Waals surface area (Å²) in [6.45, 7) is 0.219. The van der Waals surface area contributed by atoms with E-state index in [-0.39, 0.29) is 24.8 Å². The number of rotatable bonds is 5. The molecule has 8 heteroatoms. The van der Waals surface area contributed by atoms with E-state index in [1.807, 2.05) is 0 Å². The molecule has 1 aliphatic heterocycles. The maximum absolute atomic E-state index is 12.7. The van der Waals surface area contributed by atoms with Crippen LogP contribution in [0.2, 0.25) is 10.0 Å². The molecule has 2 aromatic rings. The highest BCUT2D eigenvalue weighted by Gasteiger charge is 2.36. The molecule has 2 aromatic carbocycles. The van der Waals surface area contributed by atoms with Crippen molar-refractivity contribution in [2.75, 3.05) is 31.0 Å². The number of hydrogen-bond acceptors (Lipinski definition) is 4. The van der Waals surface area contributed by atoms with Crippen molar-refractivity contribution in [2.45, 2.75) is 6.42 Å². The summed E-state index contributed by atoms with van der Waals surface area (Å²) in [6.07, 6.45) is 0.0843. The van der Waals surface area contributed by atoms with Gasteiger partial charge in [0.1, 0.15) is 11.5 Å². The molecule has 1 heterocycles. The van der Waals surface area contributed by atoms with Gasteiger partial charge in [-0.25, -0.2) is 0 Å². The number of amides is 2. The topological polar surface area (TPSA) is 67.9 Å². The quantitative estimate of drug-likeness (QED) is 0.811. The van der Waals surface area contributed by atoms with E-state index in [1.165, 1.54) is 19.1 Å². The van der Waals surface area contributed by atoms with Gasteiger partial charge in [-0.05, 0) is 30.3 Å². The summed E-state index contributed by atoms with van der Waals surface area (Å²) in [7, 11) is 3.05. The van der Waals surface area contributed by atoms with Gasteiger partial charge in [-0.1, -0.05) is 23.2 Å². The van der Waals surface area contributed by atoms with Crippen LogP contribution < -0.4 is 19.7 Å². The first-order valence-electron chi connectivity index (χ1n) is 8.21. The second-order valence-electron chi connectivity index (χ2n) is 6.06. The molecule has 1 aliphatic rings. The lowest BCUT2D eigenvalue weighted by molar-refractivity contribution is -0.122. The van der Waals surface area contributed by atoms with Crippen LogP contribution in [0.1, 0.15) is 6.42 Å². The van der Waals surface area contributed by atoms with Crippen LogP contribution in [0.3, 0.4) is 0 Å². The van der Waals surface area contributed by atoms with E-state index in [0.29, 0.717) is 32.9 Å². The second-order valence-corrected chi connectivity index (χ2v) is 6.90. The van der Waals surface area contributed by atoms with Crippen molar-refractivity contribution < 1.29 is 19.1 Å². The highest BCUT2D eigenvalue weighted by Crippen LogP contribution is 2.34. The molecular weight excluding hydrogens is 391 g/mol. The largest absolute Gasteiger partial charge is 0.497 e. The van der Waals surface area contributed by atoms with E-state index in [4.69, 9.17) is 32.7 Å². The van der Waals surface area contributed by atoms with E-state index in [0.717, 1.165) is 0 Å². The van der Waals surface area contributed by atoms with Crippen LogP contribution in [0, 0.1) is 5.92 Å². The van der Waals surface area contributed by atoms with Gasteiger partial charge in [-0.3, -0.25) is 9.59 Å². The molecule has 0 aliphatic carbocycles. The first-order chi connectivity index (χ1) is 12.9. The monoisotopic (exact) mass is 408 g/mol. The number of methoxy groups -OCH3 is 2. The zero-order valence-corrected chi connectivity index (χ0v) is 16.3. The molecular formula is C19H18Cl2N2O4. The first kappa shape index (κ1) is 19.3. The Morgan fingerprint density at radius 1 is 1.15 bits per heavy atom. The number of anilines is 2. The van der Waals surface area contributed by atoms with Gasteiger partial charge < -0.3 is 19.7 Å². The molecule has 3 rings (SSSR count). The van der Waals surface area contributed by atoms with Crippen molar-refractivity contribution in [1.29, 1.82) is 0 Å². The third kappa shape index (κ3) is 4.12. The Morgan fingerprint density at radius 3 is 2.63 bits per heavy atom. The third-order valence-corrected chi connectivity index (χ3v) is 4.91. The number of hydrogen-bond donors (Lipinski definition) is 1. The molecule has 1 saturated heterocycles. The highest BCUT2D eigenvalue weighted by atomic mass is 35.5. The number of carbonyl (C=O) groups is 2. The van der Waals surface area contributed by atoms with Crippen molar-refractivity contribution >= 4 is 46.4 Å². The number of halogens is 2. The summed E-state index contributed by atoms with van der Waals surface area (Å²) < 4.78 is 10.5. The molecule has 0 spiro atoms. The van der Waals surface area contributed by atoms with Gasteiger partial charge in [0.25, 0.3) is 0 Å². The van der Waals surface area contributed by atoms with E-state index in [1.54, 1.807) is 36.4 Å². The summed E-state index contributed by atoms with van der Waals surface area (Å²) >= 11 is 12.2. The number of nitrogens with one attached hydrogen (secondary N) is 1. The van der Waals surface area contributed by atoms with Gasteiger partial charge in [0.05, 0.1) is 36.5 Å². The normalized spacial score (nSPS) is 16.4. The van der Waals surface area contributed by atoms with Crippen LogP contribution in [-0.2, 0) is 9.59 Å². The number of carbonyl (C=O) groups excluding carboxylic acids is 2. The molecule has 0 unspecified atom stereocenters. The van der Waals surface area contributed by atoms with Crippen LogP contribution in [-0.4, -0.2) is 32.6 Å². The van der Waals surface area contributed by atoms with Crippen molar-refractivity contribution in [1.82, 2.24) is 0 Å². The minimum absolute atomic E-state index is 0.0843. The Kier molecular flexibility index (Phi) is 5.77. The van der Waals surface area contributed by atoms with Gasteiger partial charge >= 0.3 is 0 Å². The lowest BCUT2D eigenvalue weighted by Gasteiger charge is -2.19. The molecule has 0 bridgehead atoms. The fourth-order valence-corrected chi connectivity index (χ4v) is 3.34. The average Bonchev–Trinajstić information content (AvgIpc) is 3.05. The maximum atomic E-state index is 12.7. The second kappa shape index (κ2) is 8.06. The van der Waals surface area contributed by atoms with Crippen molar-refractivity contribution in [3.05, 3.63) is 46.4 Å². The molecule has 1 N–H and O–H groups in total. The molecule has 1 atom stereocenters. The molecule has 0 saturated carbocycles. The Hall–Kier alpha value is -2.44.